The van der Waals surface area contributed by atoms with Crippen LogP contribution in [0.25, 0.3) is 21.6 Å². The predicted octanol–water partition coefficient (Wildman–Crippen LogP) is 3.41. The topological polar surface area (TPSA) is 50.7 Å². The summed E-state index contributed by atoms with van der Waals surface area (Å²) in [5.74, 6) is 1.61. The minimum Gasteiger partial charge on any atom is -0.372 e. The van der Waals surface area contributed by atoms with Crippen molar-refractivity contribution in [3.05, 3.63) is 35.0 Å². The van der Waals surface area contributed by atoms with Crippen LogP contribution in [-0.4, -0.2) is 22.0 Å². The van der Waals surface area contributed by atoms with E-state index in [9.17, 15) is 0 Å². The van der Waals surface area contributed by atoms with E-state index in [-0.39, 0.29) is 0 Å². The fraction of sp³-hybridized carbons (Fsp3) is 0.214. The van der Waals surface area contributed by atoms with Gasteiger partial charge in [0.2, 0.25) is 0 Å². The Hall–Kier alpha value is -2.01. The van der Waals surface area contributed by atoms with Crippen molar-refractivity contribution in [2.75, 3.05) is 12.4 Å². The summed E-state index contributed by atoms with van der Waals surface area (Å²) < 4.78 is 0. The van der Waals surface area contributed by atoms with Crippen LogP contribution in [0.15, 0.2) is 23.6 Å². The van der Waals surface area contributed by atoms with E-state index in [0.29, 0.717) is 0 Å². The lowest BCUT2D eigenvalue weighted by Crippen LogP contribution is -1.98. The summed E-state index contributed by atoms with van der Waals surface area (Å²) >= 11 is 1.63. The summed E-state index contributed by atoms with van der Waals surface area (Å²) in [5, 5.41) is 6.24. The number of aryl methyl sites for hydroxylation is 2. The zero-order valence-corrected chi connectivity index (χ0v) is 11.9. The van der Waals surface area contributed by atoms with Gasteiger partial charge in [-0.25, -0.2) is 9.97 Å². The van der Waals surface area contributed by atoms with Crippen LogP contribution in [0.1, 0.15) is 11.4 Å². The molecule has 0 aliphatic rings. The average molecular weight is 270 g/mol. The predicted molar refractivity (Wildman–Crippen MR) is 79.7 cm³/mol. The van der Waals surface area contributed by atoms with Crippen molar-refractivity contribution in [2.24, 2.45) is 0 Å². The molecule has 1 N–H and O–H groups in total. The van der Waals surface area contributed by atoms with Crippen LogP contribution in [0.2, 0.25) is 0 Å². The summed E-state index contributed by atoms with van der Waals surface area (Å²) in [6.07, 6.45) is 0. The Bertz CT molecular complexity index is 728. The second-order valence-corrected chi connectivity index (χ2v) is 5.32. The zero-order chi connectivity index (χ0) is 13.4. The van der Waals surface area contributed by atoms with Crippen molar-refractivity contribution in [1.29, 1.82) is 0 Å². The Morgan fingerprint density at radius 3 is 2.47 bits per heavy atom. The molecule has 0 atom stereocenters. The Morgan fingerprint density at radius 1 is 1.05 bits per heavy atom. The highest BCUT2D eigenvalue weighted by molar-refractivity contribution is 7.16. The number of hydrogen-bond donors (Lipinski definition) is 1. The molecule has 0 saturated heterocycles. The molecule has 0 radical (unpaired) electrons. The van der Waals surface area contributed by atoms with E-state index < -0.39 is 0 Å². The van der Waals surface area contributed by atoms with Gasteiger partial charge in [-0.1, -0.05) is 0 Å². The highest BCUT2D eigenvalue weighted by Crippen LogP contribution is 2.28. The molecule has 4 nitrogen and oxygen atoms in total. The lowest BCUT2D eigenvalue weighted by Gasteiger charge is -2.07. The van der Waals surface area contributed by atoms with Crippen molar-refractivity contribution in [2.45, 2.75) is 13.8 Å². The summed E-state index contributed by atoms with van der Waals surface area (Å²) in [6, 6.07) is 6.07. The number of anilines is 1. The van der Waals surface area contributed by atoms with Gasteiger partial charge in [-0.05, 0) is 37.4 Å². The van der Waals surface area contributed by atoms with Gasteiger partial charge < -0.3 is 5.32 Å². The van der Waals surface area contributed by atoms with Gasteiger partial charge in [0.25, 0.3) is 0 Å². The smallest absolute Gasteiger partial charge is 0.163 e. The number of fused-ring (bicyclic) bond motifs is 1. The first-order valence-electron chi connectivity index (χ1n) is 6.06. The van der Waals surface area contributed by atoms with Gasteiger partial charge in [0.05, 0.1) is 5.39 Å². The summed E-state index contributed by atoms with van der Waals surface area (Å²) in [5.41, 5.74) is 2.98. The van der Waals surface area contributed by atoms with Crippen molar-refractivity contribution in [3.63, 3.8) is 0 Å². The number of pyridine rings is 1. The van der Waals surface area contributed by atoms with E-state index in [1.165, 1.54) is 0 Å². The summed E-state index contributed by atoms with van der Waals surface area (Å²) in [4.78, 5) is 14.6. The molecule has 96 valence electrons. The molecule has 3 rings (SSSR count). The molecule has 0 fully saturated rings. The Labute approximate surface area is 115 Å². The first kappa shape index (κ1) is 12.0. The number of nitrogens with one attached hydrogen (secondary N) is 1. The third-order valence-corrected chi connectivity index (χ3v) is 3.71. The molecule has 19 heavy (non-hydrogen) atoms. The molecule has 5 heteroatoms. The largest absolute Gasteiger partial charge is 0.372 e. The third-order valence-electron chi connectivity index (χ3n) is 2.90. The highest BCUT2D eigenvalue weighted by Gasteiger charge is 2.10. The first-order chi connectivity index (χ1) is 9.17. The standard InChI is InChI=1S/C14H14N4S/c1-8-6-10(7-9(2)16-8)12-17-13(15-3)11-4-5-19-14(11)18-12/h4-7H,1-3H3,(H,15,17,18). The van der Waals surface area contributed by atoms with E-state index in [2.05, 4.69) is 20.3 Å². The van der Waals surface area contributed by atoms with Gasteiger partial charge in [-0.3, -0.25) is 4.98 Å². The van der Waals surface area contributed by atoms with Gasteiger partial charge in [0.15, 0.2) is 5.82 Å². The molecule has 3 aromatic heterocycles. The molecule has 0 bridgehead atoms. The molecule has 0 aliphatic heterocycles. The fourth-order valence-electron chi connectivity index (χ4n) is 2.14. The molecule has 0 spiro atoms. The SMILES string of the molecule is CNc1nc(-c2cc(C)nc(C)c2)nc2sccc12. The summed E-state index contributed by atoms with van der Waals surface area (Å²) in [6.45, 7) is 3.97. The molecular weight excluding hydrogens is 256 g/mol. The van der Waals surface area contributed by atoms with Gasteiger partial charge in [-0.2, -0.15) is 0 Å². The Balaban J connectivity index is 2.24. The normalized spacial score (nSPS) is 10.9. The van der Waals surface area contributed by atoms with Crippen LogP contribution in [0.3, 0.4) is 0 Å². The molecule has 0 saturated carbocycles. The van der Waals surface area contributed by atoms with E-state index in [0.717, 1.165) is 38.8 Å². The van der Waals surface area contributed by atoms with Gasteiger partial charge >= 0.3 is 0 Å². The van der Waals surface area contributed by atoms with Crippen LogP contribution in [0, 0.1) is 13.8 Å². The lowest BCUT2D eigenvalue weighted by molar-refractivity contribution is 1.11. The number of hydrogen-bond acceptors (Lipinski definition) is 5. The monoisotopic (exact) mass is 270 g/mol. The minimum absolute atomic E-state index is 0.743. The van der Waals surface area contributed by atoms with Gasteiger partial charge in [-0.15, -0.1) is 11.3 Å². The van der Waals surface area contributed by atoms with Crippen molar-refractivity contribution in [3.8, 4) is 11.4 Å². The zero-order valence-electron chi connectivity index (χ0n) is 11.1. The van der Waals surface area contributed by atoms with E-state index in [1.807, 2.05) is 44.5 Å². The van der Waals surface area contributed by atoms with E-state index in [1.54, 1.807) is 11.3 Å². The molecular formula is C14H14N4S. The van der Waals surface area contributed by atoms with Crippen molar-refractivity contribution >= 4 is 27.4 Å². The Kier molecular flexibility index (Phi) is 2.91. The molecule has 0 aliphatic carbocycles. The van der Waals surface area contributed by atoms with Crippen LogP contribution < -0.4 is 5.32 Å². The average Bonchev–Trinajstić information content (AvgIpc) is 2.84. The summed E-state index contributed by atoms with van der Waals surface area (Å²) in [7, 11) is 1.88. The molecule has 0 unspecified atom stereocenters. The molecule has 0 aromatic carbocycles. The maximum Gasteiger partial charge on any atom is 0.163 e. The van der Waals surface area contributed by atoms with Crippen molar-refractivity contribution < 1.29 is 0 Å². The number of nitrogens with zero attached hydrogens (tertiary/aromatic N) is 3. The number of rotatable bonds is 2. The third kappa shape index (κ3) is 2.17. The van der Waals surface area contributed by atoms with Crippen molar-refractivity contribution in [1.82, 2.24) is 15.0 Å². The van der Waals surface area contributed by atoms with E-state index in [4.69, 9.17) is 0 Å². The van der Waals surface area contributed by atoms with Gasteiger partial charge in [0, 0.05) is 24.0 Å². The second kappa shape index (κ2) is 4.59. The molecule has 3 aromatic rings. The fourth-order valence-corrected chi connectivity index (χ4v) is 2.90. The number of aromatic nitrogens is 3. The van der Waals surface area contributed by atoms with Crippen LogP contribution in [0.4, 0.5) is 5.82 Å². The maximum absolute atomic E-state index is 4.64. The lowest BCUT2D eigenvalue weighted by atomic mass is 10.2. The van der Waals surface area contributed by atoms with Crippen LogP contribution in [-0.2, 0) is 0 Å². The molecule has 3 heterocycles. The minimum atomic E-state index is 0.743. The second-order valence-electron chi connectivity index (χ2n) is 4.42. The van der Waals surface area contributed by atoms with Crippen LogP contribution >= 0.6 is 11.3 Å². The maximum atomic E-state index is 4.64. The first-order valence-corrected chi connectivity index (χ1v) is 6.94. The van der Waals surface area contributed by atoms with Gasteiger partial charge in [0.1, 0.15) is 10.6 Å². The Morgan fingerprint density at radius 2 is 1.79 bits per heavy atom. The molecule has 0 amide bonds. The quantitative estimate of drug-likeness (QED) is 0.775. The highest BCUT2D eigenvalue weighted by atomic mass is 32.1. The number of thiophene rings is 1. The van der Waals surface area contributed by atoms with Crippen LogP contribution in [0.5, 0.6) is 0 Å². The van der Waals surface area contributed by atoms with E-state index >= 15 is 0 Å².